The Morgan fingerprint density at radius 2 is 1.48 bits per heavy atom. The van der Waals surface area contributed by atoms with Crippen LogP contribution in [0.15, 0.2) is 83.8 Å². The van der Waals surface area contributed by atoms with Crippen LogP contribution in [0.3, 0.4) is 0 Å². The second-order valence-corrected chi connectivity index (χ2v) is 6.59. The van der Waals surface area contributed by atoms with Crippen LogP contribution in [0.4, 0.5) is 5.69 Å². The van der Waals surface area contributed by atoms with E-state index in [1.54, 1.807) is 42.5 Å². The molecule has 6 heteroatoms. The second kappa shape index (κ2) is 8.91. The molecule has 3 aromatic carbocycles. The van der Waals surface area contributed by atoms with Crippen LogP contribution in [0, 0.1) is 0 Å². The highest BCUT2D eigenvalue weighted by Gasteiger charge is 2.11. The predicted octanol–water partition coefficient (Wildman–Crippen LogP) is 4.91. The number of carbonyl (C=O) groups excluding carboxylic acids is 1. The van der Waals surface area contributed by atoms with Gasteiger partial charge in [0.1, 0.15) is 11.5 Å². The van der Waals surface area contributed by atoms with Crippen LogP contribution in [-0.2, 0) is 4.79 Å². The van der Waals surface area contributed by atoms with Crippen molar-refractivity contribution >= 4 is 29.3 Å². The van der Waals surface area contributed by atoms with Gasteiger partial charge in [0.15, 0.2) is 0 Å². The molecule has 0 heterocycles. The van der Waals surface area contributed by atoms with E-state index in [9.17, 15) is 14.7 Å². The molecule has 0 unspecified atom stereocenters. The first-order valence-corrected chi connectivity index (χ1v) is 9.18. The molecule has 0 saturated carbocycles. The number of ether oxygens (including phenoxy) is 1. The van der Waals surface area contributed by atoms with Gasteiger partial charge in [0.2, 0.25) is 5.91 Å². The number of anilines is 1. The molecule has 5 nitrogen and oxygen atoms in total. The van der Waals surface area contributed by atoms with E-state index in [-0.39, 0.29) is 17.2 Å². The lowest BCUT2D eigenvalue weighted by atomic mass is 10.2. The molecule has 3 rings (SSSR count). The summed E-state index contributed by atoms with van der Waals surface area (Å²) in [6, 6.07) is 23.1. The molecule has 0 saturated heterocycles. The van der Waals surface area contributed by atoms with Gasteiger partial charge in [-0.05, 0) is 48.5 Å². The van der Waals surface area contributed by atoms with Crippen molar-refractivity contribution in [3.05, 3.63) is 84.4 Å². The third-order valence-electron chi connectivity index (χ3n) is 3.59. The number of rotatable bonds is 7. The van der Waals surface area contributed by atoms with Crippen molar-refractivity contribution in [2.75, 3.05) is 11.1 Å². The monoisotopic (exact) mass is 379 g/mol. The maximum absolute atomic E-state index is 12.1. The van der Waals surface area contributed by atoms with Crippen molar-refractivity contribution in [3.8, 4) is 11.5 Å². The van der Waals surface area contributed by atoms with Gasteiger partial charge in [0.25, 0.3) is 0 Å². The zero-order valence-corrected chi connectivity index (χ0v) is 15.1. The van der Waals surface area contributed by atoms with Gasteiger partial charge in [-0.15, -0.1) is 11.8 Å². The van der Waals surface area contributed by atoms with E-state index in [2.05, 4.69) is 5.32 Å². The van der Waals surface area contributed by atoms with Crippen LogP contribution < -0.4 is 10.1 Å². The Bertz CT molecular complexity index is 926. The quantitative estimate of drug-likeness (QED) is 0.571. The summed E-state index contributed by atoms with van der Waals surface area (Å²) in [6.45, 7) is 0. The SMILES string of the molecule is O=C(CSc1ccccc1C(=O)O)Nc1ccc(Oc2ccccc2)cc1. The third kappa shape index (κ3) is 5.36. The Kier molecular flexibility index (Phi) is 6.12. The van der Waals surface area contributed by atoms with Crippen LogP contribution in [0.2, 0.25) is 0 Å². The number of hydrogen-bond donors (Lipinski definition) is 2. The van der Waals surface area contributed by atoms with Crippen molar-refractivity contribution in [2.24, 2.45) is 0 Å². The second-order valence-electron chi connectivity index (χ2n) is 5.58. The summed E-state index contributed by atoms with van der Waals surface area (Å²) in [6.07, 6.45) is 0. The number of thioether (sulfide) groups is 1. The zero-order chi connectivity index (χ0) is 19.1. The Morgan fingerprint density at radius 3 is 2.19 bits per heavy atom. The molecule has 27 heavy (non-hydrogen) atoms. The summed E-state index contributed by atoms with van der Waals surface area (Å²) in [4.78, 5) is 23.9. The number of carbonyl (C=O) groups is 2. The molecule has 3 aromatic rings. The van der Waals surface area contributed by atoms with E-state index in [1.165, 1.54) is 17.8 Å². The minimum absolute atomic E-state index is 0.118. The normalized spacial score (nSPS) is 10.2. The molecule has 0 radical (unpaired) electrons. The maximum atomic E-state index is 12.1. The Balaban J connectivity index is 1.54. The Hall–Kier alpha value is -3.25. The van der Waals surface area contributed by atoms with Gasteiger partial charge in [0, 0.05) is 10.6 Å². The van der Waals surface area contributed by atoms with E-state index in [0.717, 1.165) is 5.75 Å². The van der Waals surface area contributed by atoms with Gasteiger partial charge in [-0.3, -0.25) is 4.79 Å². The topological polar surface area (TPSA) is 75.6 Å². The number of para-hydroxylation sites is 1. The smallest absolute Gasteiger partial charge is 0.336 e. The molecule has 0 aliphatic rings. The highest BCUT2D eigenvalue weighted by Crippen LogP contribution is 2.24. The number of nitrogens with one attached hydrogen (secondary N) is 1. The first-order chi connectivity index (χ1) is 13.1. The van der Waals surface area contributed by atoms with Crippen molar-refractivity contribution in [2.45, 2.75) is 4.90 Å². The van der Waals surface area contributed by atoms with Crippen LogP contribution in [-0.4, -0.2) is 22.7 Å². The number of hydrogen-bond acceptors (Lipinski definition) is 4. The molecular weight excluding hydrogens is 362 g/mol. The largest absolute Gasteiger partial charge is 0.478 e. The lowest BCUT2D eigenvalue weighted by molar-refractivity contribution is -0.113. The highest BCUT2D eigenvalue weighted by molar-refractivity contribution is 8.00. The zero-order valence-electron chi connectivity index (χ0n) is 14.3. The summed E-state index contributed by atoms with van der Waals surface area (Å²) in [5.41, 5.74) is 0.838. The minimum Gasteiger partial charge on any atom is -0.478 e. The third-order valence-corrected chi connectivity index (χ3v) is 4.67. The maximum Gasteiger partial charge on any atom is 0.336 e. The molecule has 2 N–H and O–H groups in total. The van der Waals surface area contributed by atoms with Gasteiger partial charge < -0.3 is 15.2 Å². The number of aromatic carboxylic acids is 1. The van der Waals surface area contributed by atoms with E-state index in [4.69, 9.17) is 4.74 Å². The molecule has 0 aliphatic carbocycles. The lowest BCUT2D eigenvalue weighted by Gasteiger charge is -2.09. The summed E-state index contributed by atoms with van der Waals surface area (Å²) in [5.74, 6) is 0.309. The molecule has 0 bridgehead atoms. The van der Waals surface area contributed by atoms with Gasteiger partial charge in [-0.2, -0.15) is 0 Å². The molecule has 0 aliphatic heterocycles. The fourth-order valence-electron chi connectivity index (χ4n) is 2.34. The van der Waals surface area contributed by atoms with Gasteiger partial charge in [-0.25, -0.2) is 4.79 Å². The summed E-state index contributed by atoms with van der Waals surface area (Å²) >= 11 is 1.19. The van der Waals surface area contributed by atoms with E-state index in [1.807, 2.05) is 30.3 Å². The molecular formula is C21H17NO4S. The highest BCUT2D eigenvalue weighted by atomic mass is 32.2. The fourth-order valence-corrected chi connectivity index (χ4v) is 3.18. The number of benzene rings is 3. The molecule has 0 atom stereocenters. The summed E-state index contributed by atoms with van der Waals surface area (Å²) in [5, 5.41) is 12.0. The average Bonchev–Trinajstić information content (AvgIpc) is 2.69. The average molecular weight is 379 g/mol. The van der Waals surface area contributed by atoms with Gasteiger partial charge >= 0.3 is 5.97 Å². The number of carboxylic acid groups (broad SMARTS) is 1. The van der Waals surface area contributed by atoms with Crippen LogP contribution in [0.25, 0.3) is 0 Å². The minimum atomic E-state index is -1.01. The number of amides is 1. The Labute approximate surface area is 161 Å². The van der Waals surface area contributed by atoms with Crippen LogP contribution in [0.1, 0.15) is 10.4 Å². The van der Waals surface area contributed by atoms with Crippen molar-refractivity contribution < 1.29 is 19.4 Å². The van der Waals surface area contributed by atoms with Crippen LogP contribution in [0.5, 0.6) is 11.5 Å². The van der Waals surface area contributed by atoms with E-state index in [0.29, 0.717) is 16.3 Å². The van der Waals surface area contributed by atoms with E-state index >= 15 is 0 Å². The predicted molar refractivity (Wildman–Crippen MR) is 106 cm³/mol. The molecule has 136 valence electrons. The summed E-state index contributed by atoms with van der Waals surface area (Å²) in [7, 11) is 0. The molecule has 0 fully saturated rings. The van der Waals surface area contributed by atoms with Crippen LogP contribution >= 0.6 is 11.8 Å². The van der Waals surface area contributed by atoms with Crippen molar-refractivity contribution in [1.29, 1.82) is 0 Å². The first kappa shape index (κ1) is 18.5. The summed E-state index contributed by atoms with van der Waals surface area (Å²) < 4.78 is 5.71. The molecule has 0 spiro atoms. The Morgan fingerprint density at radius 1 is 0.852 bits per heavy atom. The lowest BCUT2D eigenvalue weighted by Crippen LogP contribution is -2.14. The molecule has 0 aromatic heterocycles. The van der Waals surface area contributed by atoms with Crippen molar-refractivity contribution in [3.63, 3.8) is 0 Å². The standard InChI is InChI=1S/C21H17NO4S/c23-20(14-27-19-9-5-4-8-18(19)21(24)25)22-15-10-12-17(13-11-15)26-16-6-2-1-3-7-16/h1-13H,14H2,(H,22,23)(H,24,25). The van der Waals surface area contributed by atoms with E-state index < -0.39 is 5.97 Å². The molecule has 1 amide bonds. The fraction of sp³-hybridized carbons (Fsp3) is 0.0476. The number of carboxylic acids is 1. The van der Waals surface area contributed by atoms with Gasteiger partial charge in [0.05, 0.1) is 11.3 Å². The van der Waals surface area contributed by atoms with Crippen molar-refractivity contribution in [1.82, 2.24) is 0 Å². The first-order valence-electron chi connectivity index (χ1n) is 8.20. The van der Waals surface area contributed by atoms with Gasteiger partial charge in [-0.1, -0.05) is 30.3 Å².